The Bertz CT molecular complexity index is 790. The lowest BCUT2D eigenvalue weighted by molar-refractivity contribution is -0.124. The molecule has 1 heterocycles. The predicted molar refractivity (Wildman–Crippen MR) is 93.4 cm³/mol. The number of aliphatic hydroxyl groups is 1. The van der Waals surface area contributed by atoms with Crippen molar-refractivity contribution in [1.82, 2.24) is 10.3 Å². The minimum atomic E-state index is -0.588. The quantitative estimate of drug-likeness (QED) is 0.896. The molecule has 0 bridgehead atoms. The van der Waals surface area contributed by atoms with Gasteiger partial charge in [0.2, 0.25) is 0 Å². The standard InChI is InChI=1S/C20H22N2O3/c23-17-11-13-5-1-2-6-14(13)20(17)22-19(24)12-25-18-9-10-21-16-8-4-3-7-15(16)18/h1-2,5-6,9-10,17,20,23H,3-4,7-8,11-12H2,(H,22,24). The number of hydrogen-bond acceptors (Lipinski definition) is 4. The maximum atomic E-state index is 12.3. The molecule has 0 aliphatic heterocycles. The summed E-state index contributed by atoms with van der Waals surface area (Å²) in [7, 11) is 0. The van der Waals surface area contributed by atoms with Crippen molar-refractivity contribution in [1.29, 1.82) is 0 Å². The molecule has 130 valence electrons. The van der Waals surface area contributed by atoms with Crippen molar-refractivity contribution in [2.45, 2.75) is 44.2 Å². The Morgan fingerprint density at radius 1 is 1.24 bits per heavy atom. The summed E-state index contributed by atoms with van der Waals surface area (Å²) >= 11 is 0. The second-order valence-electron chi connectivity index (χ2n) is 6.75. The van der Waals surface area contributed by atoms with Crippen molar-refractivity contribution < 1.29 is 14.6 Å². The Morgan fingerprint density at radius 3 is 3.00 bits per heavy atom. The summed E-state index contributed by atoms with van der Waals surface area (Å²) in [6.45, 7) is -0.0537. The van der Waals surface area contributed by atoms with E-state index in [0.29, 0.717) is 6.42 Å². The fourth-order valence-electron chi connectivity index (χ4n) is 3.83. The number of hydrogen-bond donors (Lipinski definition) is 2. The minimum absolute atomic E-state index is 0.0537. The van der Waals surface area contributed by atoms with Crippen LogP contribution in [0.5, 0.6) is 5.75 Å². The number of fused-ring (bicyclic) bond motifs is 2. The van der Waals surface area contributed by atoms with Gasteiger partial charge in [0.15, 0.2) is 6.61 Å². The number of aromatic nitrogens is 1. The highest BCUT2D eigenvalue weighted by molar-refractivity contribution is 5.78. The molecular weight excluding hydrogens is 316 g/mol. The highest BCUT2D eigenvalue weighted by Gasteiger charge is 2.31. The number of pyridine rings is 1. The Morgan fingerprint density at radius 2 is 2.08 bits per heavy atom. The molecule has 0 radical (unpaired) electrons. The van der Waals surface area contributed by atoms with E-state index in [-0.39, 0.29) is 18.6 Å². The maximum absolute atomic E-state index is 12.3. The third kappa shape index (κ3) is 3.24. The largest absolute Gasteiger partial charge is 0.483 e. The van der Waals surface area contributed by atoms with Gasteiger partial charge < -0.3 is 15.2 Å². The molecule has 0 fully saturated rings. The van der Waals surface area contributed by atoms with Crippen LogP contribution in [-0.4, -0.2) is 28.7 Å². The first-order valence-corrected chi connectivity index (χ1v) is 8.87. The van der Waals surface area contributed by atoms with E-state index in [1.165, 1.54) is 0 Å². The second-order valence-corrected chi connectivity index (χ2v) is 6.75. The summed E-state index contributed by atoms with van der Waals surface area (Å²) in [4.78, 5) is 16.7. The van der Waals surface area contributed by atoms with Crippen molar-refractivity contribution in [2.24, 2.45) is 0 Å². The first-order valence-electron chi connectivity index (χ1n) is 8.87. The number of ether oxygens (including phenoxy) is 1. The Balaban J connectivity index is 1.41. The molecule has 1 amide bonds. The van der Waals surface area contributed by atoms with E-state index in [9.17, 15) is 9.90 Å². The van der Waals surface area contributed by atoms with Gasteiger partial charge in [0, 0.05) is 23.9 Å². The normalized spacial score (nSPS) is 21.3. The fourth-order valence-corrected chi connectivity index (χ4v) is 3.83. The Hall–Kier alpha value is -2.40. The van der Waals surface area contributed by atoms with E-state index < -0.39 is 6.10 Å². The van der Waals surface area contributed by atoms with Crippen molar-refractivity contribution in [2.75, 3.05) is 6.61 Å². The minimum Gasteiger partial charge on any atom is -0.483 e. The first kappa shape index (κ1) is 16.1. The van der Waals surface area contributed by atoms with Gasteiger partial charge in [0.25, 0.3) is 5.91 Å². The van der Waals surface area contributed by atoms with E-state index in [1.807, 2.05) is 30.3 Å². The molecule has 1 aromatic carbocycles. The summed E-state index contributed by atoms with van der Waals surface area (Å²) in [6, 6.07) is 9.29. The number of carbonyl (C=O) groups is 1. The van der Waals surface area contributed by atoms with Gasteiger partial charge in [-0.25, -0.2) is 0 Å². The van der Waals surface area contributed by atoms with Crippen molar-refractivity contribution in [3.8, 4) is 5.75 Å². The second kappa shape index (κ2) is 6.84. The first-order chi connectivity index (χ1) is 12.2. The van der Waals surface area contributed by atoms with Crippen molar-refractivity contribution in [3.63, 3.8) is 0 Å². The van der Waals surface area contributed by atoms with Crippen molar-refractivity contribution in [3.05, 3.63) is 58.9 Å². The van der Waals surface area contributed by atoms with Gasteiger partial charge in [0.1, 0.15) is 5.75 Å². The van der Waals surface area contributed by atoms with Gasteiger partial charge in [-0.15, -0.1) is 0 Å². The SMILES string of the molecule is O=C(COc1ccnc2c1CCCC2)NC1c2ccccc2CC1O. The smallest absolute Gasteiger partial charge is 0.258 e. The molecule has 2 N–H and O–H groups in total. The molecule has 2 aliphatic rings. The summed E-state index contributed by atoms with van der Waals surface area (Å²) < 4.78 is 5.77. The molecule has 2 aromatic rings. The van der Waals surface area contributed by atoms with E-state index in [0.717, 1.165) is 53.8 Å². The Labute approximate surface area is 147 Å². The zero-order chi connectivity index (χ0) is 17.2. The number of carbonyl (C=O) groups excluding carboxylic acids is 1. The number of benzene rings is 1. The average molecular weight is 338 g/mol. The Kier molecular flexibility index (Phi) is 4.40. The lowest BCUT2D eigenvalue weighted by Gasteiger charge is -2.20. The fraction of sp³-hybridized carbons (Fsp3) is 0.400. The lowest BCUT2D eigenvalue weighted by atomic mass is 9.95. The maximum Gasteiger partial charge on any atom is 0.258 e. The van der Waals surface area contributed by atoms with Crippen LogP contribution < -0.4 is 10.1 Å². The molecule has 2 atom stereocenters. The van der Waals surface area contributed by atoms with E-state index in [1.54, 1.807) is 6.20 Å². The number of aliphatic hydroxyl groups excluding tert-OH is 1. The van der Waals surface area contributed by atoms with Crippen LogP contribution in [0.1, 0.15) is 41.3 Å². The van der Waals surface area contributed by atoms with Crippen LogP contribution in [0.3, 0.4) is 0 Å². The molecule has 0 saturated carbocycles. The summed E-state index contributed by atoms with van der Waals surface area (Å²) in [5.41, 5.74) is 4.30. The van der Waals surface area contributed by atoms with Crippen LogP contribution in [0.4, 0.5) is 0 Å². The van der Waals surface area contributed by atoms with Gasteiger partial charge >= 0.3 is 0 Å². The van der Waals surface area contributed by atoms with E-state index in [2.05, 4.69) is 10.3 Å². The number of nitrogens with one attached hydrogen (secondary N) is 1. The van der Waals surface area contributed by atoms with E-state index >= 15 is 0 Å². The molecule has 2 unspecified atom stereocenters. The number of nitrogens with zero attached hydrogens (tertiary/aromatic N) is 1. The lowest BCUT2D eigenvalue weighted by Crippen LogP contribution is -2.36. The van der Waals surface area contributed by atoms with Crippen LogP contribution in [0.25, 0.3) is 0 Å². The molecule has 4 rings (SSSR count). The van der Waals surface area contributed by atoms with E-state index in [4.69, 9.17) is 4.74 Å². The van der Waals surface area contributed by atoms with Gasteiger partial charge in [-0.1, -0.05) is 24.3 Å². The van der Waals surface area contributed by atoms with Crippen LogP contribution in [0.15, 0.2) is 36.5 Å². The zero-order valence-electron chi connectivity index (χ0n) is 14.1. The molecule has 5 heteroatoms. The summed E-state index contributed by atoms with van der Waals surface area (Å²) in [5, 5.41) is 13.1. The molecule has 0 spiro atoms. The third-order valence-electron chi connectivity index (χ3n) is 5.07. The number of aryl methyl sites for hydroxylation is 1. The molecular formula is C20H22N2O3. The molecule has 0 saturated heterocycles. The van der Waals surface area contributed by atoms with Crippen LogP contribution in [0, 0.1) is 0 Å². The zero-order valence-corrected chi connectivity index (χ0v) is 14.1. The van der Waals surface area contributed by atoms with Crippen LogP contribution in [-0.2, 0) is 24.1 Å². The van der Waals surface area contributed by atoms with Gasteiger partial charge in [-0.2, -0.15) is 0 Å². The molecule has 5 nitrogen and oxygen atoms in total. The summed E-state index contributed by atoms with van der Waals surface area (Å²) in [6.07, 6.45) is 5.94. The highest BCUT2D eigenvalue weighted by Crippen LogP contribution is 2.31. The predicted octanol–water partition coefficient (Wildman–Crippen LogP) is 2.11. The number of rotatable bonds is 4. The number of amides is 1. The monoisotopic (exact) mass is 338 g/mol. The molecule has 2 aliphatic carbocycles. The van der Waals surface area contributed by atoms with Gasteiger partial charge in [0.05, 0.1) is 12.1 Å². The van der Waals surface area contributed by atoms with Crippen LogP contribution in [0.2, 0.25) is 0 Å². The molecule has 1 aromatic heterocycles. The highest BCUT2D eigenvalue weighted by atomic mass is 16.5. The van der Waals surface area contributed by atoms with Gasteiger partial charge in [-0.05, 0) is 42.9 Å². The van der Waals surface area contributed by atoms with Gasteiger partial charge in [-0.3, -0.25) is 9.78 Å². The average Bonchev–Trinajstić information content (AvgIpc) is 2.95. The van der Waals surface area contributed by atoms with Crippen LogP contribution >= 0.6 is 0 Å². The molecule has 25 heavy (non-hydrogen) atoms. The van der Waals surface area contributed by atoms with Crippen molar-refractivity contribution >= 4 is 5.91 Å². The topological polar surface area (TPSA) is 71.5 Å². The third-order valence-corrected chi connectivity index (χ3v) is 5.07. The summed E-state index contributed by atoms with van der Waals surface area (Å²) in [5.74, 6) is 0.536.